The van der Waals surface area contributed by atoms with Gasteiger partial charge in [0.15, 0.2) is 5.82 Å². The second-order valence-electron chi connectivity index (χ2n) is 2.98. The lowest BCUT2D eigenvalue weighted by molar-refractivity contribution is -0.137. The van der Waals surface area contributed by atoms with Crippen molar-refractivity contribution in [2.24, 2.45) is 0 Å². The number of fused-ring (bicyclic) bond motifs is 1. The number of aromatic nitrogens is 2. The highest BCUT2D eigenvalue weighted by molar-refractivity contribution is 9.10. The molecule has 2 rings (SSSR count). The summed E-state index contributed by atoms with van der Waals surface area (Å²) in [6.45, 7) is -0.297. The molecule has 0 bridgehead atoms. The van der Waals surface area contributed by atoms with Crippen molar-refractivity contribution in [2.45, 2.75) is 6.54 Å². The van der Waals surface area contributed by atoms with Gasteiger partial charge in [0, 0.05) is 5.39 Å². The van der Waals surface area contributed by atoms with Gasteiger partial charge in [0.05, 0.1) is 0 Å². The van der Waals surface area contributed by atoms with Crippen LogP contribution in [0.25, 0.3) is 10.9 Å². The second kappa shape index (κ2) is 3.62. The smallest absolute Gasteiger partial charge is 0.325 e. The van der Waals surface area contributed by atoms with Gasteiger partial charge in [-0.25, -0.2) is 9.07 Å². The summed E-state index contributed by atoms with van der Waals surface area (Å²) in [5.74, 6) is -1.48. The first-order valence-corrected chi connectivity index (χ1v) is 4.91. The van der Waals surface area contributed by atoms with Crippen LogP contribution in [0.3, 0.4) is 0 Å². The van der Waals surface area contributed by atoms with Gasteiger partial charge in [-0.15, -0.1) is 0 Å². The van der Waals surface area contributed by atoms with Crippen molar-refractivity contribution >= 4 is 32.8 Å². The average Bonchev–Trinajstić information content (AvgIpc) is 2.46. The molecule has 0 spiro atoms. The van der Waals surface area contributed by atoms with Crippen LogP contribution in [0.15, 0.2) is 22.8 Å². The molecule has 0 aliphatic carbocycles. The summed E-state index contributed by atoms with van der Waals surface area (Å²) >= 11 is 3.18. The molecule has 2 aromatic rings. The van der Waals surface area contributed by atoms with E-state index in [0.717, 1.165) is 0 Å². The second-order valence-corrected chi connectivity index (χ2v) is 3.73. The highest BCUT2D eigenvalue weighted by Crippen LogP contribution is 2.25. The van der Waals surface area contributed by atoms with Crippen LogP contribution < -0.4 is 0 Å². The summed E-state index contributed by atoms with van der Waals surface area (Å²) in [5, 5.41) is 13.0. The third kappa shape index (κ3) is 1.72. The van der Waals surface area contributed by atoms with Gasteiger partial charge < -0.3 is 5.11 Å². The molecule has 0 radical (unpaired) electrons. The third-order valence-electron chi connectivity index (χ3n) is 1.94. The van der Waals surface area contributed by atoms with Crippen LogP contribution in [0, 0.1) is 5.82 Å². The lowest BCUT2D eigenvalue weighted by atomic mass is 10.2. The Morgan fingerprint density at radius 2 is 2.33 bits per heavy atom. The molecule has 0 amide bonds. The Kier molecular flexibility index (Phi) is 2.44. The molecule has 0 unspecified atom stereocenters. The molecular formula is C9H6BrFN2O2. The minimum atomic E-state index is -1.02. The van der Waals surface area contributed by atoms with Crippen molar-refractivity contribution in [1.82, 2.24) is 9.78 Å². The van der Waals surface area contributed by atoms with Gasteiger partial charge in [-0.3, -0.25) is 4.79 Å². The van der Waals surface area contributed by atoms with E-state index in [1.807, 2.05) is 0 Å². The first-order chi connectivity index (χ1) is 7.09. The van der Waals surface area contributed by atoms with Crippen LogP contribution >= 0.6 is 15.9 Å². The molecule has 6 heteroatoms. The van der Waals surface area contributed by atoms with Crippen LogP contribution in [-0.2, 0) is 11.3 Å². The van der Waals surface area contributed by atoms with Crippen LogP contribution in [0.4, 0.5) is 4.39 Å². The van der Waals surface area contributed by atoms with E-state index >= 15 is 0 Å². The van der Waals surface area contributed by atoms with E-state index in [0.29, 0.717) is 9.99 Å². The number of hydrogen-bond donors (Lipinski definition) is 1. The summed E-state index contributed by atoms with van der Waals surface area (Å²) in [6, 6.07) is 4.51. The Morgan fingerprint density at radius 3 is 2.93 bits per heavy atom. The van der Waals surface area contributed by atoms with Gasteiger partial charge in [0.2, 0.25) is 0 Å². The van der Waals surface area contributed by atoms with Crippen molar-refractivity contribution in [3.05, 3.63) is 28.6 Å². The Morgan fingerprint density at radius 1 is 1.60 bits per heavy atom. The van der Waals surface area contributed by atoms with Crippen molar-refractivity contribution < 1.29 is 14.3 Å². The Labute approximate surface area is 92.4 Å². The fourth-order valence-corrected chi connectivity index (χ4v) is 1.84. The fourth-order valence-electron chi connectivity index (χ4n) is 1.32. The number of rotatable bonds is 2. The molecular weight excluding hydrogens is 267 g/mol. The SMILES string of the molecule is O=C(O)Cn1nc2c(F)cccc2c1Br. The topological polar surface area (TPSA) is 55.1 Å². The summed E-state index contributed by atoms with van der Waals surface area (Å²) in [4.78, 5) is 10.5. The molecule has 1 aromatic carbocycles. The third-order valence-corrected chi connectivity index (χ3v) is 2.78. The number of nitrogens with zero attached hydrogens (tertiary/aromatic N) is 2. The van der Waals surface area contributed by atoms with Crippen LogP contribution in [0.5, 0.6) is 0 Å². The molecule has 1 heterocycles. The van der Waals surface area contributed by atoms with E-state index < -0.39 is 11.8 Å². The predicted molar refractivity (Wildman–Crippen MR) is 55.0 cm³/mol. The van der Waals surface area contributed by atoms with Crippen molar-refractivity contribution in [3.8, 4) is 0 Å². The summed E-state index contributed by atoms with van der Waals surface area (Å²) in [5.41, 5.74) is 0.172. The number of carbonyl (C=O) groups is 1. The number of carboxylic acids is 1. The molecule has 4 nitrogen and oxygen atoms in total. The number of hydrogen-bond acceptors (Lipinski definition) is 2. The van der Waals surface area contributed by atoms with Gasteiger partial charge in [0.1, 0.15) is 16.7 Å². The van der Waals surface area contributed by atoms with E-state index in [1.54, 1.807) is 12.1 Å². The standard InChI is InChI=1S/C9H6BrFN2O2/c10-9-5-2-1-3-6(11)8(5)12-13(9)4-7(14)15/h1-3H,4H2,(H,14,15). The van der Waals surface area contributed by atoms with Gasteiger partial charge in [-0.2, -0.15) is 5.10 Å². The van der Waals surface area contributed by atoms with Crippen LogP contribution in [0.2, 0.25) is 0 Å². The van der Waals surface area contributed by atoms with E-state index in [4.69, 9.17) is 5.11 Å². The first-order valence-electron chi connectivity index (χ1n) is 4.12. The molecule has 0 atom stereocenters. The van der Waals surface area contributed by atoms with Crippen LogP contribution in [-0.4, -0.2) is 20.9 Å². The van der Waals surface area contributed by atoms with E-state index in [-0.39, 0.29) is 12.1 Å². The summed E-state index contributed by atoms with van der Waals surface area (Å²) in [7, 11) is 0. The van der Waals surface area contributed by atoms with Gasteiger partial charge in [0.25, 0.3) is 0 Å². The molecule has 78 valence electrons. The molecule has 1 N–H and O–H groups in total. The molecule has 0 saturated heterocycles. The van der Waals surface area contributed by atoms with Crippen molar-refractivity contribution in [3.63, 3.8) is 0 Å². The first kappa shape index (κ1) is 10.1. The molecule has 1 aromatic heterocycles. The Bertz CT molecular complexity index is 538. The predicted octanol–water partition coefficient (Wildman–Crippen LogP) is 2.02. The number of halogens is 2. The highest BCUT2D eigenvalue weighted by atomic mass is 79.9. The van der Waals surface area contributed by atoms with Gasteiger partial charge >= 0.3 is 5.97 Å². The van der Waals surface area contributed by atoms with E-state index in [9.17, 15) is 9.18 Å². The number of benzene rings is 1. The van der Waals surface area contributed by atoms with Crippen molar-refractivity contribution in [2.75, 3.05) is 0 Å². The zero-order valence-corrected chi connectivity index (χ0v) is 9.03. The summed E-state index contributed by atoms with van der Waals surface area (Å²) < 4.78 is 14.9. The largest absolute Gasteiger partial charge is 0.480 e. The maximum Gasteiger partial charge on any atom is 0.325 e. The molecule has 0 aliphatic rings. The van der Waals surface area contributed by atoms with E-state index in [2.05, 4.69) is 21.0 Å². The molecule has 0 aliphatic heterocycles. The highest BCUT2D eigenvalue weighted by Gasteiger charge is 2.13. The maximum atomic E-state index is 13.3. The lowest BCUT2D eigenvalue weighted by Gasteiger charge is -1.96. The normalized spacial score (nSPS) is 10.8. The Balaban J connectivity index is 2.64. The summed E-state index contributed by atoms with van der Waals surface area (Å²) in [6.07, 6.45) is 0. The van der Waals surface area contributed by atoms with Crippen LogP contribution in [0.1, 0.15) is 0 Å². The quantitative estimate of drug-likeness (QED) is 0.910. The molecule has 0 saturated carbocycles. The van der Waals surface area contributed by atoms with Gasteiger partial charge in [-0.05, 0) is 28.1 Å². The number of aliphatic carboxylic acids is 1. The fraction of sp³-hybridized carbons (Fsp3) is 0.111. The minimum Gasteiger partial charge on any atom is -0.480 e. The van der Waals surface area contributed by atoms with Crippen molar-refractivity contribution in [1.29, 1.82) is 0 Å². The minimum absolute atomic E-state index is 0.172. The molecule has 0 fully saturated rings. The zero-order valence-electron chi connectivity index (χ0n) is 7.44. The Hall–Kier alpha value is -1.43. The number of carboxylic acid groups (broad SMARTS) is 1. The lowest BCUT2D eigenvalue weighted by Crippen LogP contribution is -2.10. The monoisotopic (exact) mass is 272 g/mol. The van der Waals surface area contributed by atoms with Gasteiger partial charge in [-0.1, -0.05) is 6.07 Å². The van der Waals surface area contributed by atoms with E-state index in [1.165, 1.54) is 10.7 Å². The maximum absolute atomic E-state index is 13.3. The zero-order chi connectivity index (χ0) is 11.0. The molecule has 15 heavy (non-hydrogen) atoms. The average molecular weight is 273 g/mol.